The van der Waals surface area contributed by atoms with Crippen molar-refractivity contribution in [3.05, 3.63) is 41.3 Å². The van der Waals surface area contributed by atoms with Crippen molar-refractivity contribution >= 4 is 0 Å². The van der Waals surface area contributed by atoms with Crippen molar-refractivity contribution < 1.29 is 9.15 Å². The van der Waals surface area contributed by atoms with Crippen LogP contribution in [0.1, 0.15) is 30.7 Å². The lowest BCUT2D eigenvalue weighted by Crippen LogP contribution is -2.21. The third kappa shape index (κ3) is 3.58. The maximum atomic E-state index is 5.67. The summed E-state index contributed by atoms with van der Waals surface area (Å²) in [5, 5.41) is 3.28. The lowest BCUT2D eigenvalue weighted by molar-refractivity contribution is 0.329. The number of oxazole rings is 1. The molecule has 0 radical (unpaired) electrons. The third-order valence-electron chi connectivity index (χ3n) is 2.97. The second-order valence-electron chi connectivity index (χ2n) is 4.94. The summed E-state index contributed by atoms with van der Waals surface area (Å²) in [6.45, 7) is 8.93. The van der Waals surface area contributed by atoms with E-state index in [1.165, 1.54) is 5.56 Å². The van der Waals surface area contributed by atoms with Crippen LogP contribution in [0.3, 0.4) is 0 Å². The lowest BCUT2D eigenvalue weighted by atomic mass is 10.1. The van der Waals surface area contributed by atoms with Gasteiger partial charge in [0.2, 0.25) is 0 Å². The highest BCUT2D eigenvalue weighted by Gasteiger charge is 2.09. The zero-order chi connectivity index (χ0) is 13.8. The molecule has 0 aliphatic heterocycles. The molecule has 0 bridgehead atoms. The van der Waals surface area contributed by atoms with Crippen LogP contribution in [0, 0.1) is 13.8 Å². The van der Waals surface area contributed by atoms with Crippen molar-refractivity contribution in [3.63, 3.8) is 0 Å². The predicted octanol–water partition coefficient (Wildman–Crippen LogP) is 3.58. The van der Waals surface area contributed by atoms with Crippen LogP contribution < -0.4 is 10.1 Å². The molecular weight excluding hydrogens is 240 g/mol. The van der Waals surface area contributed by atoms with E-state index in [1.54, 1.807) is 6.26 Å². The molecule has 0 fully saturated rings. The van der Waals surface area contributed by atoms with Crippen molar-refractivity contribution in [1.29, 1.82) is 0 Å². The van der Waals surface area contributed by atoms with E-state index in [-0.39, 0.29) is 6.08 Å². The normalized spacial score (nSPS) is 11.0. The van der Waals surface area contributed by atoms with Gasteiger partial charge < -0.3 is 14.5 Å². The van der Waals surface area contributed by atoms with Gasteiger partial charge in [-0.15, -0.1) is 0 Å². The van der Waals surface area contributed by atoms with Gasteiger partial charge in [-0.05, 0) is 31.0 Å². The van der Waals surface area contributed by atoms with Crippen molar-refractivity contribution in [3.8, 4) is 11.8 Å². The molecule has 1 N–H and O–H groups in total. The van der Waals surface area contributed by atoms with Gasteiger partial charge >= 0.3 is 6.08 Å². The molecular formula is C15H20N2O2. The van der Waals surface area contributed by atoms with Gasteiger partial charge in [-0.2, -0.15) is 4.98 Å². The fraction of sp³-hybridized carbons (Fsp3) is 0.400. The molecule has 0 aliphatic rings. The topological polar surface area (TPSA) is 47.3 Å². The molecule has 1 aromatic carbocycles. The minimum absolute atomic E-state index is 0.286. The van der Waals surface area contributed by atoms with E-state index in [0.29, 0.717) is 12.6 Å². The highest BCUT2D eigenvalue weighted by molar-refractivity contribution is 5.39. The van der Waals surface area contributed by atoms with Crippen LogP contribution in [-0.2, 0) is 6.54 Å². The summed E-state index contributed by atoms with van der Waals surface area (Å²) >= 11 is 0. The summed E-state index contributed by atoms with van der Waals surface area (Å²) in [4.78, 5) is 4.30. The first kappa shape index (κ1) is 13.6. The number of rotatable bonds is 5. The Balaban J connectivity index is 2.05. The van der Waals surface area contributed by atoms with Crippen molar-refractivity contribution in [2.24, 2.45) is 0 Å². The first-order chi connectivity index (χ1) is 9.06. The number of hydrogen-bond donors (Lipinski definition) is 1. The number of ether oxygens (including phenoxy) is 1. The number of benzene rings is 1. The smallest absolute Gasteiger partial charge is 0.399 e. The van der Waals surface area contributed by atoms with Crippen LogP contribution in [0.25, 0.3) is 0 Å². The lowest BCUT2D eigenvalue weighted by Gasteiger charge is -2.06. The summed E-state index contributed by atoms with van der Waals surface area (Å²) < 4.78 is 11.0. The molecule has 0 spiro atoms. The standard InChI is InChI=1S/C15H20N2O2/c1-10(2)16-8-13-9-18-15(17-13)19-14-7-5-6-11(3)12(14)4/h5-7,9-10,16H,8H2,1-4H3. The summed E-state index contributed by atoms with van der Waals surface area (Å²) in [7, 11) is 0. The molecule has 2 aromatic rings. The van der Waals surface area contributed by atoms with Gasteiger partial charge in [0.25, 0.3) is 0 Å². The maximum Gasteiger partial charge on any atom is 0.399 e. The monoisotopic (exact) mass is 260 g/mol. The van der Waals surface area contributed by atoms with E-state index in [9.17, 15) is 0 Å². The zero-order valence-electron chi connectivity index (χ0n) is 11.9. The summed E-state index contributed by atoms with van der Waals surface area (Å²) in [6, 6.07) is 6.34. The Labute approximate surface area is 113 Å². The molecule has 4 heteroatoms. The Morgan fingerprint density at radius 1 is 1.32 bits per heavy atom. The molecule has 0 saturated heterocycles. The quantitative estimate of drug-likeness (QED) is 0.892. The van der Waals surface area contributed by atoms with E-state index in [2.05, 4.69) is 37.1 Å². The first-order valence-electron chi connectivity index (χ1n) is 6.48. The molecule has 1 aromatic heterocycles. The number of aryl methyl sites for hydroxylation is 1. The van der Waals surface area contributed by atoms with Crippen LogP contribution in [0.4, 0.5) is 0 Å². The van der Waals surface area contributed by atoms with Crippen LogP contribution in [0.5, 0.6) is 11.8 Å². The van der Waals surface area contributed by atoms with Crippen LogP contribution in [0.2, 0.25) is 0 Å². The summed E-state index contributed by atoms with van der Waals surface area (Å²) in [5.41, 5.74) is 3.13. The second kappa shape index (κ2) is 5.89. The molecule has 0 aliphatic carbocycles. The van der Waals surface area contributed by atoms with Crippen molar-refractivity contribution in [2.45, 2.75) is 40.3 Å². The van der Waals surface area contributed by atoms with E-state index in [1.807, 2.05) is 19.1 Å². The second-order valence-corrected chi connectivity index (χ2v) is 4.94. The zero-order valence-corrected chi connectivity index (χ0v) is 11.9. The molecule has 102 valence electrons. The van der Waals surface area contributed by atoms with Gasteiger partial charge in [0.05, 0.1) is 5.69 Å². The molecule has 1 heterocycles. The molecule has 19 heavy (non-hydrogen) atoms. The maximum absolute atomic E-state index is 5.67. The van der Waals surface area contributed by atoms with Gasteiger partial charge in [0, 0.05) is 12.6 Å². The first-order valence-corrected chi connectivity index (χ1v) is 6.48. The van der Waals surface area contributed by atoms with E-state index >= 15 is 0 Å². The van der Waals surface area contributed by atoms with E-state index in [4.69, 9.17) is 9.15 Å². The number of nitrogens with zero attached hydrogens (tertiary/aromatic N) is 1. The largest absolute Gasteiger partial charge is 0.417 e. The van der Waals surface area contributed by atoms with Gasteiger partial charge in [-0.3, -0.25) is 0 Å². The minimum atomic E-state index is 0.286. The van der Waals surface area contributed by atoms with E-state index in [0.717, 1.165) is 17.0 Å². The minimum Gasteiger partial charge on any atom is -0.417 e. The Morgan fingerprint density at radius 2 is 2.11 bits per heavy atom. The van der Waals surface area contributed by atoms with Gasteiger partial charge in [0.1, 0.15) is 12.0 Å². The molecule has 0 saturated carbocycles. The number of aromatic nitrogens is 1. The summed E-state index contributed by atoms with van der Waals surface area (Å²) in [5.74, 6) is 0.783. The predicted molar refractivity (Wildman–Crippen MR) is 74.5 cm³/mol. The Morgan fingerprint density at radius 3 is 2.84 bits per heavy atom. The summed E-state index contributed by atoms with van der Waals surface area (Å²) in [6.07, 6.45) is 1.91. The molecule has 4 nitrogen and oxygen atoms in total. The van der Waals surface area contributed by atoms with Gasteiger partial charge in [-0.25, -0.2) is 0 Å². The fourth-order valence-corrected chi connectivity index (χ4v) is 1.65. The van der Waals surface area contributed by atoms with Crippen LogP contribution in [0.15, 0.2) is 28.9 Å². The van der Waals surface area contributed by atoms with Crippen molar-refractivity contribution in [1.82, 2.24) is 10.3 Å². The average Bonchev–Trinajstić information content (AvgIpc) is 2.80. The van der Waals surface area contributed by atoms with Crippen LogP contribution >= 0.6 is 0 Å². The highest BCUT2D eigenvalue weighted by atomic mass is 16.6. The SMILES string of the molecule is Cc1cccc(Oc2nc(CNC(C)C)co2)c1C. The van der Waals surface area contributed by atoms with Crippen LogP contribution in [-0.4, -0.2) is 11.0 Å². The Bertz CT molecular complexity index is 547. The number of nitrogens with one attached hydrogen (secondary N) is 1. The molecule has 2 rings (SSSR count). The molecule has 0 atom stereocenters. The van der Waals surface area contributed by atoms with Gasteiger partial charge in [-0.1, -0.05) is 26.0 Å². The molecule has 0 amide bonds. The van der Waals surface area contributed by atoms with Crippen molar-refractivity contribution in [2.75, 3.05) is 0 Å². The Kier molecular flexibility index (Phi) is 4.22. The van der Waals surface area contributed by atoms with E-state index < -0.39 is 0 Å². The number of hydrogen-bond acceptors (Lipinski definition) is 4. The fourth-order valence-electron chi connectivity index (χ4n) is 1.65. The third-order valence-corrected chi connectivity index (χ3v) is 2.97. The van der Waals surface area contributed by atoms with Gasteiger partial charge in [0.15, 0.2) is 0 Å². The Hall–Kier alpha value is -1.81. The highest BCUT2D eigenvalue weighted by Crippen LogP contribution is 2.26. The average molecular weight is 260 g/mol. The molecule has 0 unspecified atom stereocenters.